The van der Waals surface area contributed by atoms with Crippen LogP contribution in [0.1, 0.15) is 24.8 Å². The van der Waals surface area contributed by atoms with Gasteiger partial charge in [-0.05, 0) is 47.2 Å². The van der Waals surface area contributed by atoms with E-state index >= 15 is 0 Å². The molecule has 1 nitrogen and oxygen atoms in total. The topological polar surface area (TPSA) is 17.1 Å². The predicted octanol–water partition coefficient (Wildman–Crippen LogP) is 4.17. The Labute approximate surface area is 106 Å². The fourth-order valence-electron chi connectivity index (χ4n) is 2.62. The number of hydrogen-bond acceptors (Lipinski definition) is 1. The zero-order valence-corrected chi connectivity index (χ0v) is 10.1. The zero-order valence-electron chi connectivity index (χ0n) is 10.1. The normalized spacial score (nSPS) is 15.3. The Kier molecular flexibility index (Phi) is 2.84. The summed E-state index contributed by atoms with van der Waals surface area (Å²) < 4.78 is 0. The Bertz CT molecular complexity index is 668. The summed E-state index contributed by atoms with van der Waals surface area (Å²) in [5.74, 6) is 2.04. The van der Waals surface area contributed by atoms with Crippen molar-refractivity contribution in [3.8, 4) is 0 Å². The fraction of sp³-hybridized carbons (Fsp3) is 0.176. The molecule has 0 aromatic heterocycles. The van der Waals surface area contributed by atoms with Crippen LogP contribution in [0.3, 0.4) is 0 Å². The first-order valence-corrected chi connectivity index (χ1v) is 6.31. The molecule has 2 aromatic carbocycles. The van der Waals surface area contributed by atoms with Gasteiger partial charge < -0.3 is 0 Å². The van der Waals surface area contributed by atoms with Crippen LogP contribution >= 0.6 is 0 Å². The lowest BCUT2D eigenvalue weighted by molar-refractivity contribution is 0.566. The molecule has 0 saturated heterocycles. The van der Waals surface area contributed by atoms with E-state index in [-0.39, 0.29) is 0 Å². The van der Waals surface area contributed by atoms with Gasteiger partial charge in [-0.15, -0.1) is 0 Å². The molecule has 1 heteroatoms. The van der Waals surface area contributed by atoms with Gasteiger partial charge in [-0.25, -0.2) is 4.79 Å². The van der Waals surface area contributed by atoms with Crippen LogP contribution in [-0.4, -0.2) is 5.94 Å². The van der Waals surface area contributed by atoms with Crippen molar-refractivity contribution in [2.45, 2.75) is 19.3 Å². The number of rotatable bonds is 1. The molecule has 0 fully saturated rings. The molecule has 88 valence electrons. The number of benzene rings is 2. The summed E-state index contributed by atoms with van der Waals surface area (Å²) in [7, 11) is 0. The number of carbonyl (C=O) groups excluding carboxylic acids is 1. The maximum absolute atomic E-state index is 10.8. The highest BCUT2D eigenvalue weighted by Gasteiger charge is 2.12. The van der Waals surface area contributed by atoms with E-state index in [1.165, 1.54) is 21.9 Å². The summed E-state index contributed by atoms with van der Waals surface area (Å²) in [6.07, 6.45) is 4.95. The second-order valence-corrected chi connectivity index (χ2v) is 4.68. The minimum Gasteiger partial charge on any atom is -0.233 e. The first-order valence-electron chi connectivity index (χ1n) is 6.31. The van der Waals surface area contributed by atoms with Crippen molar-refractivity contribution in [1.82, 2.24) is 0 Å². The van der Waals surface area contributed by atoms with Gasteiger partial charge in [-0.1, -0.05) is 42.5 Å². The molecule has 18 heavy (non-hydrogen) atoms. The largest absolute Gasteiger partial charge is 0.233 e. The summed E-state index contributed by atoms with van der Waals surface area (Å²) in [4.78, 5) is 10.8. The quantitative estimate of drug-likeness (QED) is 0.677. The van der Waals surface area contributed by atoms with E-state index in [2.05, 4.69) is 42.5 Å². The molecule has 0 spiro atoms. The van der Waals surface area contributed by atoms with E-state index in [9.17, 15) is 4.79 Å². The van der Waals surface area contributed by atoms with Crippen molar-refractivity contribution in [1.29, 1.82) is 0 Å². The Hall–Kier alpha value is -2.11. The molecular formula is C17H14O. The molecule has 0 N–H and O–H groups in total. The summed E-state index contributed by atoms with van der Waals surface area (Å²) in [5, 5.41) is 2.51. The average Bonchev–Trinajstić information content (AvgIpc) is 2.47. The summed E-state index contributed by atoms with van der Waals surface area (Å²) in [6, 6.07) is 14.7. The minimum atomic E-state index is 0.796. The van der Waals surface area contributed by atoms with Crippen LogP contribution in [0, 0.1) is 0 Å². The molecule has 0 radical (unpaired) electrons. The Balaban J connectivity index is 2.20. The van der Waals surface area contributed by atoms with Crippen molar-refractivity contribution < 1.29 is 4.79 Å². The van der Waals surface area contributed by atoms with Crippen LogP contribution in [0.5, 0.6) is 0 Å². The van der Waals surface area contributed by atoms with E-state index in [1.54, 1.807) is 0 Å². The smallest absolute Gasteiger partial charge is 0.127 e. The second kappa shape index (κ2) is 4.64. The summed E-state index contributed by atoms with van der Waals surface area (Å²) >= 11 is 0. The number of hydrogen-bond donors (Lipinski definition) is 0. The molecule has 0 atom stereocenters. The summed E-state index contributed by atoms with van der Waals surface area (Å²) in [5.41, 5.74) is 3.31. The third-order valence-electron chi connectivity index (χ3n) is 3.51. The number of allylic oxidation sites excluding steroid dienone is 3. The molecule has 1 aliphatic rings. The lowest BCUT2D eigenvalue weighted by Crippen LogP contribution is -1.96. The van der Waals surface area contributed by atoms with Crippen LogP contribution in [0.15, 0.2) is 54.1 Å². The van der Waals surface area contributed by atoms with Crippen LogP contribution in [0.4, 0.5) is 0 Å². The van der Waals surface area contributed by atoms with E-state index in [4.69, 9.17) is 0 Å². The maximum Gasteiger partial charge on any atom is 0.127 e. The van der Waals surface area contributed by atoms with Crippen LogP contribution in [0.2, 0.25) is 0 Å². The first kappa shape index (κ1) is 11.0. The van der Waals surface area contributed by atoms with Crippen LogP contribution in [-0.2, 0) is 4.79 Å². The van der Waals surface area contributed by atoms with Crippen LogP contribution < -0.4 is 0 Å². The van der Waals surface area contributed by atoms with Gasteiger partial charge in [0.1, 0.15) is 5.94 Å². The van der Waals surface area contributed by atoms with Gasteiger partial charge in [0, 0.05) is 5.57 Å². The van der Waals surface area contributed by atoms with Gasteiger partial charge in [0.2, 0.25) is 0 Å². The molecule has 0 amide bonds. The van der Waals surface area contributed by atoms with Gasteiger partial charge in [0.05, 0.1) is 0 Å². The Morgan fingerprint density at radius 2 is 1.78 bits per heavy atom. The highest BCUT2D eigenvalue weighted by atomic mass is 16.1. The highest BCUT2D eigenvalue weighted by molar-refractivity contribution is 5.94. The van der Waals surface area contributed by atoms with Gasteiger partial charge in [-0.3, -0.25) is 0 Å². The molecule has 0 heterocycles. The lowest BCUT2D eigenvalue weighted by Gasteiger charge is -2.15. The van der Waals surface area contributed by atoms with Gasteiger partial charge >= 0.3 is 0 Å². The maximum atomic E-state index is 10.8. The van der Waals surface area contributed by atoms with Crippen molar-refractivity contribution in [3.05, 3.63) is 59.7 Å². The van der Waals surface area contributed by atoms with E-state index in [0.29, 0.717) is 0 Å². The third-order valence-corrected chi connectivity index (χ3v) is 3.51. The zero-order chi connectivity index (χ0) is 12.4. The van der Waals surface area contributed by atoms with Gasteiger partial charge in [0.15, 0.2) is 0 Å². The van der Waals surface area contributed by atoms with Crippen LogP contribution in [0.25, 0.3) is 16.3 Å². The second-order valence-electron chi connectivity index (χ2n) is 4.68. The third kappa shape index (κ3) is 1.90. The van der Waals surface area contributed by atoms with E-state index in [0.717, 1.165) is 24.8 Å². The number of fused-ring (bicyclic) bond motifs is 1. The summed E-state index contributed by atoms with van der Waals surface area (Å²) in [6.45, 7) is 0. The fourth-order valence-corrected chi connectivity index (χ4v) is 2.62. The van der Waals surface area contributed by atoms with Crippen molar-refractivity contribution >= 4 is 22.3 Å². The molecule has 0 unspecified atom stereocenters. The Morgan fingerprint density at radius 3 is 2.67 bits per heavy atom. The molecule has 0 saturated carbocycles. The van der Waals surface area contributed by atoms with E-state index in [1.807, 2.05) is 12.0 Å². The van der Waals surface area contributed by atoms with Gasteiger partial charge in [-0.2, -0.15) is 0 Å². The monoisotopic (exact) mass is 234 g/mol. The Morgan fingerprint density at radius 1 is 0.944 bits per heavy atom. The molecule has 3 rings (SSSR count). The molecule has 1 aliphatic carbocycles. The van der Waals surface area contributed by atoms with Crippen molar-refractivity contribution in [2.75, 3.05) is 0 Å². The molecular weight excluding hydrogens is 220 g/mol. The van der Waals surface area contributed by atoms with Crippen molar-refractivity contribution in [2.24, 2.45) is 0 Å². The first-order chi connectivity index (χ1) is 8.88. The van der Waals surface area contributed by atoms with E-state index < -0.39 is 0 Å². The molecule has 2 aromatic rings. The highest BCUT2D eigenvalue weighted by Crippen LogP contribution is 2.32. The lowest BCUT2D eigenvalue weighted by atomic mass is 9.89. The van der Waals surface area contributed by atoms with Gasteiger partial charge in [0.25, 0.3) is 0 Å². The predicted molar refractivity (Wildman–Crippen MR) is 75.0 cm³/mol. The SMILES string of the molecule is O=C=C1C=C(c2cccc3ccccc23)CCC1. The molecule has 0 bridgehead atoms. The standard InChI is InChI=1S/C17H14O/c18-12-13-5-3-8-15(11-13)17-10-4-7-14-6-1-2-9-16(14)17/h1-2,4,6-7,9-11H,3,5,8H2. The minimum absolute atomic E-state index is 0.796. The molecule has 0 aliphatic heterocycles. The van der Waals surface area contributed by atoms with Crippen molar-refractivity contribution in [3.63, 3.8) is 0 Å². The average molecular weight is 234 g/mol.